The SMILES string of the molecule is Cc1sc(NC(=O)COCC(=O)NC(c2ccccc2)c2ccccc2)c(C(=O)OC(C)(C)C)c1-c1ccccc1. The van der Waals surface area contributed by atoms with E-state index in [9.17, 15) is 14.4 Å². The number of hydrogen-bond acceptors (Lipinski definition) is 6. The van der Waals surface area contributed by atoms with Gasteiger partial charge in [-0.05, 0) is 44.4 Å². The molecule has 0 fully saturated rings. The van der Waals surface area contributed by atoms with Crippen LogP contribution in [0.3, 0.4) is 0 Å². The van der Waals surface area contributed by atoms with E-state index in [-0.39, 0.29) is 25.2 Å². The number of hydrogen-bond donors (Lipinski definition) is 2. The predicted octanol–water partition coefficient (Wildman–Crippen LogP) is 6.54. The maximum atomic E-state index is 13.3. The Bertz CT molecular complexity index is 1440. The van der Waals surface area contributed by atoms with Crippen LogP contribution >= 0.6 is 11.3 Å². The number of carbonyl (C=O) groups excluding carboxylic acids is 3. The van der Waals surface area contributed by atoms with Crippen LogP contribution in [0.15, 0.2) is 91.0 Å². The summed E-state index contributed by atoms with van der Waals surface area (Å²) in [6.07, 6.45) is 0. The van der Waals surface area contributed by atoms with E-state index in [4.69, 9.17) is 9.47 Å². The van der Waals surface area contributed by atoms with Crippen LogP contribution in [0.5, 0.6) is 0 Å². The maximum Gasteiger partial charge on any atom is 0.342 e. The molecule has 2 amide bonds. The zero-order valence-electron chi connectivity index (χ0n) is 23.6. The van der Waals surface area contributed by atoms with Crippen molar-refractivity contribution in [1.29, 1.82) is 0 Å². The average molecular weight is 571 g/mol. The molecule has 1 aromatic heterocycles. The van der Waals surface area contributed by atoms with E-state index in [1.807, 2.05) is 97.9 Å². The Morgan fingerprint density at radius 2 is 1.29 bits per heavy atom. The number of anilines is 1. The summed E-state index contributed by atoms with van der Waals surface area (Å²) in [5.74, 6) is -1.36. The number of benzene rings is 3. The molecule has 3 aromatic carbocycles. The van der Waals surface area contributed by atoms with Crippen LogP contribution in [0.2, 0.25) is 0 Å². The van der Waals surface area contributed by atoms with Crippen LogP contribution in [-0.4, -0.2) is 36.6 Å². The minimum absolute atomic E-state index is 0.299. The molecule has 1 heterocycles. The number of ether oxygens (including phenoxy) is 2. The molecule has 4 aromatic rings. The lowest BCUT2D eigenvalue weighted by Gasteiger charge is -2.20. The van der Waals surface area contributed by atoms with Gasteiger partial charge in [0.05, 0.1) is 6.04 Å². The van der Waals surface area contributed by atoms with Crippen LogP contribution in [-0.2, 0) is 19.1 Å². The Labute approximate surface area is 244 Å². The number of thiophene rings is 1. The Balaban J connectivity index is 1.43. The largest absolute Gasteiger partial charge is 0.456 e. The fourth-order valence-corrected chi connectivity index (χ4v) is 5.44. The second kappa shape index (κ2) is 13.4. The average Bonchev–Trinajstić information content (AvgIpc) is 3.27. The first-order valence-corrected chi connectivity index (χ1v) is 14.1. The third-order valence-electron chi connectivity index (χ3n) is 6.04. The van der Waals surface area contributed by atoms with Gasteiger partial charge in [0.2, 0.25) is 5.91 Å². The van der Waals surface area contributed by atoms with E-state index in [1.54, 1.807) is 20.8 Å². The quantitative estimate of drug-likeness (QED) is 0.211. The highest BCUT2D eigenvalue weighted by Crippen LogP contribution is 2.40. The molecule has 0 radical (unpaired) electrons. The highest BCUT2D eigenvalue weighted by atomic mass is 32.1. The van der Waals surface area contributed by atoms with E-state index in [2.05, 4.69) is 10.6 Å². The van der Waals surface area contributed by atoms with Crippen molar-refractivity contribution in [3.63, 3.8) is 0 Å². The van der Waals surface area contributed by atoms with Crippen LogP contribution < -0.4 is 10.6 Å². The highest BCUT2D eigenvalue weighted by Gasteiger charge is 2.28. The first-order chi connectivity index (χ1) is 19.6. The third kappa shape index (κ3) is 8.13. The van der Waals surface area contributed by atoms with E-state index in [1.165, 1.54) is 11.3 Å². The summed E-state index contributed by atoms with van der Waals surface area (Å²) in [5, 5.41) is 6.17. The first-order valence-electron chi connectivity index (χ1n) is 13.3. The number of rotatable bonds is 10. The molecule has 2 N–H and O–H groups in total. The molecule has 212 valence electrons. The van der Waals surface area contributed by atoms with Gasteiger partial charge in [-0.2, -0.15) is 0 Å². The lowest BCUT2D eigenvalue weighted by atomic mass is 9.99. The summed E-state index contributed by atoms with van der Waals surface area (Å²) in [6, 6.07) is 28.4. The fraction of sp³-hybridized carbons (Fsp3) is 0.242. The predicted molar refractivity (Wildman–Crippen MR) is 162 cm³/mol. The minimum atomic E-state index is -0.712. The Morgan fingerprint density at radius 1 is 0.780 bits per heavy atom. The number of carbonyl (C=O) groups is 3. The normalized spacial score (nSPS) is 11.2. The molecule has 0 saturated heterocycles. The summed E-state index contributed by atoms with van der Waals surface area (Å²) < 4.78 is 11.1. The summed E-state index contributed by atoms with van der Waals surface area (Å²) in [4.78, 5) is 39.8. The number of nitrogens with one attached hydrogen (secondary N) is 2. The van der Waals surface area contributed by atoms with E-state index in [0.29, 0.717) is 16.1 Å². The molecule has 0 atom stereocenters. The lowest BCUT2D eigenvalue weighted by Crippen LogP contribution is -2.33. The molecular weight excluding hydrogens is 536 g/mol. The second-order valence-electron chi connectivity index (χ2n) is 10.5. The topological polar surface area (TPSA) is 93.7 Å². The molecule has 0 aliphatic rings. The van der Waals surface area contributed by atoms with Gasteiger partial charge in [0.1, 0.15) is 29.4 Å². The first kappa shape index (κ1) is 29.7. The van der Waals surface area contributed by atoms with Crippen molar-refractivity contribution in [3.05, 3.63) is 113 Å². The van der Waals surface area contributed by atoms with Gasteiger partial charge in [0.15, 0.2) is 0 Å². The van der Waals surface area contributed by atoms with Gasteiger partial charge < -0.3 is 20.1 Å². The molecule has 0 bridgehead atoms. The highest BCUT2D eigenvalue weighted by molar-refractivity contribution is 7.17. The number of esters is 1. The Morgan fingerprint density at radius 3 is 1.83 bits per heavy atom. The Kier molecular flexibility index (Phi) is 9.70. The lowest BCUT2D eigenvalue weighted by molar-refractivity contribution is -0.129. The summed E-state index contributed by atoms with van der Waals surface area (Å²) in [7, 11) is 0. The number of aryl methyl sites for hydroxylation is 1. The third-order valence-corrected chi connectivity index (χ3v) is 7.06. The van der Waals surface area contributed by atoms with Crippen molar-refractivity contribution in [3.8, 4) is 11.1 Å². The van der Waals surface area contributed by atoms with Crippen molar-refractivity contribution in [2.75, 3.05) is 18.5 Å². The standard InChI is InChI=1S/C33H34N2O5S/c1-22-28(23-14-8-5-9-15-23)29(32(38)40-33(2,3)4)31(41-22)35-27(37)21-39-20-26(36)34-30(24-16-10-6-11-17-24)25-18-12-7-13-19-25/h5-19,30H,20-21H2,1-4H3,(H,34,36)(H,35,37). The molecule has 8 heteroatoms. The van der Waals surface area contributed by atoms with Gasteiger partial charge >= 0.3 is 5.97 Å². The monoisotopic (exact) mass is 570 g/mol. The van der Waals surface area contributed by atoms with Gasteiger partial charge in [0.25, 0.3) is 5.91 Å². The van der Waals surface area contributed by atoms with Crippen molar-refractivity contribution >= 4 is 34.1 Å². The maximum absolute atomic E-state index is 13.3. The minimum Gasteiger partial charge on any atom is -0.456 e. The summed E-state index contributed by atoms with van der Waals surface area (Å²) in [6.45, 7) is 6.62. The zero-order valence-corrected chi connectivity index (χ0v) is 24.4. The van der Waals surface area contributed by atoms with Crippen LogP contribution in [0.1, 0.15) is 53.2 Å². The van der Waals surface area contributed by atoms with E-state index < -0.39 is 17.5 Å². The van der Waals surface area contributed by atoms with Crippen molar-refractivity contribution < 1.29 is 23.9 Å². The Hall–Kier alpha value is -4.27. The molecule has 7 nitrogen and oxygen atoms in total. The zero-order chi connectivity index (χ0) is 29.4. The van der Waals surface area contributed by atoms with E-state index in [0.717, 1.165) is 21.6 Å². The van der Waals surface area contributed by atoms with Gasteiger partial charge in [-0.3, -0.25) is 9.59 Å². The molecule has 0 unspecified atom stereocenters. The van der Waals surface area contributed by atoms with Crippen LogP contribution in [0.25, 0.3) is 11.1 Å². The second-order valence-corrected chi connectivity index (χ2v) is 11.7. The molecule has 0 aliphatic heterocycles. The van der Waals surface area contributed by atoms with Crippen molar-refractivity contribution in [1.82, 2.24) is 5.32 Å². The van der Waals surface area contributed by atoms with Crippen LogP contribution in [0.4, 0.5) is 5.00 Å². The van der Waals surface area contributed by atoms with Crippen LogP contribution in [0, 0.1) is 6.92 Å². The number of amides is 2. The van der Waals surface area contributed by atoms with Gasteiger partial charge in [-0.1, -0.05) is 91.0 Å². The van der Waals surface area contributed by atoms with Gasteiger partial charge in [-0.15, -0.1) is 11.3 Å². The van der Waals surface area contributed by atoms with Crippen molar-refractivity contribution in [2.24, 2.45) is 0 Å². The smallest absolute Gasteiger partial charge is 0.342 e. The van der Waals surface area contributed by atoms with Gasteiger partial charge in [-0.25, -0.2) is 4.79 Å². The summed E-state index contributed by atoms with van der Waals surface area (Å²) in [5.41, 5.74) is 3.02. The molecule has 41 heavy (non-hydrogen) atoms. The molecule has 0 spiro atoms. The molecule has 0 aliphatic carbocycles. The fourth-order valence-electron chi connectivity index (χ4n) is 4.36. The molecular formula is C33H34N2O5S. The van der Waals surface area contributed by atoms with Crippen molar-refractivity contribution in [2.45, 2.75) is 39.3 Å². The van der Waals surface area contributed by atoms with Gasteiger partial charge in [0, 0.05) is 10.4 Å². The molecule has 4 rings (SSSR count). The molecule has 0 saturated carbocycles. The summed E-state index contributed by atoms with van der Waals surface area (Å²) >= 11 is 1.29. The van der Waals surface area contributed by atoms with E-state index >= 15 is 0 Å².